The molecule has 0 atom stereocenters. The summed E-state index contributed by atoms with van der Waals surface area (Å²) < 4.78 is 0. The summed E-state index contributed by atoms with van der Waals surface area (Å²) in [7, 11) is 0. The van der Waals surface area contributed by atoms with Crippen LogP contribution in [0.25, 0.3) is 10.9 Å². The molecule has 13 heavy (non-hydrogen) atoms. The second kappa shape index (κ2) is 3.58. The number of fused-ring (bicyclic) bond motifs is 1. The van der Waals surface area contributed by atoms with Crippen LogP contribution in [-0.2, 0) is 4.79 Å². The Kier molecular flexibility index (Phi) is 2.27. The van der Waals surface area contributed by atoms with E-state index in [1.165, 1.54) is 0 Å². The van der Waals surface area contributed by atoms with E-state index in [1.807, 2.05) is 36.4 Å². The van der Waals surface area contributed by atoms with E-state index in [0.29, 0.717) is 0 Å². The van der Waals surface area contributed by atoms with Gasteiger partial charge in [-0.3, -0.25) is 4.79 Å². The van der Waals surface area contributed by atoms with E-state index in [4.69, 9.17) is 0 Å². The molecule has 2 rings (SSSR count). The zero-order chi connectivity index (χ0) is 9.10. The molecule has 0 spiro atoms. The molecule has 2 aromatic rings. The zero-order valence-corrected chi connectivity index (χ0v) is 7.62. The standard InChI is InChI=1S/C10H7NOS/c12-7-13-10-6-5-8-3-1-2-4-9(8)11-10/h1-7H. The molecule has 0 saturated carbocycles. The third-order valence-electron chi connectivity index (χ3n) is 1.74. The predicted octanol–water partition coefficient (Wildman–Crippen LogP) is 2.52. The molecule has 0 aliphatic carbocycles. The van der Waals surface area contributed by atoms with E-state index in [2.05, 4.69) is 4.98 Å². The molecule has 0 aliphatic heterocycles. The first-order valence-corrected chi connectivity index (χ1v) is 4.74. The summed E-state index contributed by atoms with van der Waals surface area (Å²) in [5.41, 5.74) is 1.71. The van der Waals surface area contributed by atoms with Gasteiger partial charge in [-0.15, -0.1) is 0 Å². The average molecular weight is 189 g/mol. The van der Waals surface area contributed by atoms with Crippen LogP contribution in [0.4, 0.5) is 0 Å². The van der Waals surface area contributed by atoms with Gasteiger partial charge in [0.2, 0.25) is 0 Å². The topological polar surface area (TPSA) is 30.0 Å². The Morgan fingerprint density at radius 2 is 2.00 bits per heavy atom. The third-order valence-corrected chi connectivity index (χ3v) is 2.31. The highest BCUT2D eigenvalue weighted by Gasteiger charge is 1.96. The van der Waals surface area contributed by atoms with Gasteiger partial charge in [-0.1, -0.05) is 24.3 Å². The summed E-state index contributed by atoms with van der Waals surface area (Å²) in [5.74, 6) is 0. The van der Waals surface area contributed by atoms with E-state index in [1.54, 1.807) is 0 Å². The number of carbonyl (C=O) groups is 1. The number of benzene rings is 1. The molecule has 1 heterocycles. The van der Waals surface area contributed by atoms with Gasteiger partial charge < -0.3 is 0 Å². The number of pyridine rings is 1. The molecule has 1 aromatic carbocycles. The zero-order valence-electron chi connectivity index (χ0n) is 6.81. The minimum atomic E-state index is 0.744. The summed E-state index contributed by atoms with van der Waals surface area (Å²) in [6.07, 6.45) is 0. The molecule has 2 nitrogen and oxygen atoms in total. The SMILES string of the molecule is O=CSc1ccc2ccccc2n1. The molecule has 3 heteroatoms. The van der Waals surface area contributed by atoms with Crippen molar-refractivity contribution in [2.75, 3.05) is 0 Å². The normalized spacial score (nSPS) is 10.2. The highest BCUT2D eigenvalue weighted by atomic mass is 32.2. The Hall–Kier alpha value is -1.35. The number of carbonyl (C=O) groups excluding carboxylic acids is 1. The lowest BCUT2D eigenvalue weighted by atomic mass is 10.2. The van der Waals surface area contributed by atoms with Crippen LogP contribution in [0.3, 0.4) is 0 Å². The fourth-order valence-electron chi connectivity index (χ4n) is 1.16. The number of aromatic nitrogens is 1. The Morgan fingerprint density at radius 1 is 1.15 bits per heavy atom. The van der Waals surface area contributed by atoms with Crippen LogP contribution in [0, 0.1) is 0 Å². The highest BCUT2D eigenvalue weighted by Crippen LogP contribution is 2.17. The van der Waals surface area contributed by atoms with Gasteiger partial charge in [0.1, 0.15) is 5.03 Å². The Labute approximate surface area is 80.0 Å². The number of para-hydroxylation sites is 1. The van der Waals surface area contributed by atoms with Crippen LogP contribution in [0.2, 0.25) is 0 Å². The van der Waals surface area contributed by atoms with E-state index in [-0.39, 0.29) is 0 Å². The molecule has 0 N–H and O–H groups in total. The molecular weight excluding hydrogens is 182 g/mol. The molecule has 0 aliphatic rings. The number of thioether (sulfide) groups is 1. The predicted molar refractivity (Wildman–Crippen MR) is 54.4 cm³/mol. The molecule has 0 fully saturated rings. The molecule has 64 valence electrons. The minimum absolute atomic E-state index is 0.744. The summed E-state index contributed by atoms with van der Waals surface area (Å²) >= 11 is 1.10. The minimum Gasteiger partial charge on any atom is -0.291 e. The van der Waals surface area contributed by atoms with Gasteiger partial charge in [0.05, 0.1) is 5.52 Å². The van der Waals surface area contributed by atoms with E-state index in [0.717, 1.165) is 33.3 Å². The van der Waals surface area contributed by atoms with Crippen molar-refractivity contribution >= 4 is 28.3 Å². The van der Waals surface area contributed by atoms with Gasteiger partial charge in [0.25, 0.3) is 0 Å². The Balaban J connectivity index is 2.55. The molecule has 0 amide bonds. The maximum absolute atomic E-state index is 10.2. The van der Waals surface area contributed by atoms with Crippen LogP contribution >= 0.6 is 11.8 Å². The van der Waals surface area contributed by atoms with E-state index >= 15 is 0 Å². The van der Waals surface area contributed by atoms with E-state index < -0.39 is 0 Å². The fourth-order valence-corrected chi connectivity index (χ4v) is 1.56. The van der Waals surface area contributed by atoms with Crippen molar-refractivity contribution in [1.29, 1.82) is 0 Å². The van der Waals surface area contributed by atoms with Gasteiger partial charge in [-0.2, -0.15) is 0 Å². The largest absolute Gasteiger partial charge is 0.291 e. The second-order valence-corrected chi connectivity index (χ2v) is 3.40. The van der Waals surface area contributed by atoms with Crippen LogP contribution in [0.1, 0.15) is 0 Å². The van der Waals surface area contributed by atoms with Gasteiger partial charge in [-0.25, -0.2) is 4.98 Å². The van der Waals surface area contributed by atoms with E-state index in [9.17, 15) is 4.79 Å². The smallest absolute Gasteiger partial charge is 0.182 e. The van der Waals surface area contributed by atoms with Crippen molar-refractivity contribution in [3.8, 4) is 0 Å². The summed E-state index contributed by atoms with van der Waals surface area (Å²) in [6, 6.07) is 11.7. The quantitative estimate of drug-likeness (QED) is 0.537. The number of hydrogen-bond donors (Lipinski definition) is 0. The molecule has 0 unspecified atom stereocenters. The molecular formula is C10H7NOS. The lowest BCUT2D eigenvalue weighted by molar-refractivity contribution is 0.570. The number of hydrogen-bond acceptors (Lipinski definition) is 3. The molecule has 0 bridgehead atoms. The monoisotopic (exact) mass is 189 g/mol. The number of rotatable bonds is 2. The van der Waals surface area contributed by atoms with Crippen molar-refractivity contribution in [2.24, 2.45) is 0 Å². The van der Waals surface area contributed by atoms with Gasteiger partial charge in [0.15, 0.2) is 5.62 Å². The first-order valence-electron chi connectivity index (χ1n) is 3.86. The average Bonchev–Trinajstić information content (AvgIpc) is 2.18. The maximum Gasteiger partial charge on any atom is 0.182 e. The van der Waals surface area contributed by atoms with Crippen molar-refractivity contribution in [1.82, 2.24) is 4.98 Å². The molecule has 0 saturated heterocycles. The number of nitrogens with zero attached hydrogens (tertiary/aromatic N) is 1. The lowest BCUT2D eigenvalue weighted by Crippen LogP contribution is -1.81. The fraction of sp³-hybridized carbons (Fsp3) is 0. The van der Waals surface area contributed by atoms with Crippen molar-refractivity contribution in [3.63, 3.8) is 0 Å². The first-order chi connectivity index (χ1) is 6.40. The second-order valence-electron chi connectivity index (χ2n) is 2.56. The van der Waals surface area contributed by atoms with Crippen molar-refractivity contribution in [3.05, 3.63) is 36.4 Å². The van der Waals surface area contributed by atoms with Crippen molar-refractivity contribution in [2.45, 2.75) is 5.03 Å². The van der Waals surface area contributed by atoms with Crippen LogP contribution in [-0.4, -0.2) is 10.6 Å². The van der Waals surface area contributed by atoms with Crippen LogP contribution in [0.5, 0.6) is 0 Å². The van der Waals surface area contributed by atoms with Gasteiger partial charge >= 0.3 is 0 Å². The van der Waals surface area contributed by atoms with Gasteiger partial charge in [0, 0.05) is 5.39 Å². The lowest BCUT2D eigenvalue weighted by Gasteiger charge is -1.97. The first kappa shape index (κ1) is 8.26. The Morgan fingerprint density at radius 3 is 2.85 bits per heavy atom. The Bertz CT molecular complexity index is 442. The molecule has 0 radical (unpaired) electrons. The van der Waals surface area contributed by atoms with Crippen LogP contribution < -0.4 is 0 Å². The van der Waals surface area contributed by atoms with Gasteiger partial charge in [-0.05, 0) is 23.9 Å². The van der Waals surface area contributed by atoms with Crippen LogP contribution in [0.15, 0.2) is 41.4 Å². The third kappa shape index (κ3) is 1.70. The molecule has 1 aromatic heterocycles. The highest BCUT2D eigenvalue weighted by molar-refractivity contribution is 8.11. The maximum atomic E-state index is 10.2. The summed E-state index contributed by atoms with van der Waals surface area (Å²) in [4.78, 5) is 14.5. The van der Waals surface area contributed by atoms with Crippen molar-refractivity contribution < 1.29 is 4.79 Å². The summed E-state index contributed by atoms with van der Waals surface area (Å²) in [5, 5.41) is 1.84. The summed E-state index contributed by atoms with van der Waals surface area (Å²) in [6.45, 7) is 0.